The van der Waals surface area contributed by atoms with E-state index in [2.05, 4.69) is 31.1 Å². The predicted octanol–water partition coefficient (Wildman–Crippen LogP) is 1.56. The number of nitrogens with zero attached hydrogens (tertiary/aromatic N) is 1. The van der Waals surface area contributed by atoms with E-state index < -0.39 is 0 Å². The number of nitrogens with one attached hydrogen (secondary N) is 1. The highest BCUT2D eigenvalue weighted by Gasteiger charge is 2.41. The van der Waals surface area contributed by atoms with E-state index in [1.54, 1.807) is 12.5 Å². The van der Waals surface area contributed by atoms with Gasteiger partial charge in [0.15, 0.2) is 0 Å². The standard InChI is InChI=1S/C12H19N2O2/c1-11(2)4-10(14-9-16)5-12(3,6-11)7-13-8-15/h10H,4-7H2,1-3H3,(H,13,15). The summed E-state index contributed by atoms with van der Waals surface area (Å²) in [6.07, 6.45) is 6.09. The Hall–Kier alpha value is -1.15. The van der Waals surface area contributed by atoms with Crippen LogP contribution in [0.25, 0.3) is 0 Å². The molecule has 0 aromatic carbocycles. The minimum Gasteiger partial charge on any atom is -0.347 e. The summed E-state index contributed by atoms with van der Waals surface area (Å²) in [5.74, 6) is 0. The molecule has 0 aliphatic heterocycles. The summed E-state index contributed by atoms with van der Waals surface area (Å²) in [7, 11) is 0. The predicted molar refractivity (Wildman–Crippen MR) is 61.3 cm³/mol. The maximum atomic E-state index is 10.3. The van der Waals surface area contributed by atoms with Crippen molar-refractivity contribution in [2.45, 2.75) is 46.1 Å². The van der Waals surface area contributed by atoms with Gasteiger partial charge in [0.2, 0.25) is 6.08 Å². The molecule has 4 heteroatoms. The first-order valence-electron chi connectivity index (χ1n) is 5.58. The largest absolute Gasteiger partial charge is 0.347 e. The molecule has 1 amide bonds. The molecular formula is C12H19N2O2. The lowest BCUT2D eigenvalue weighted by atomic mass is 9.63. The summed E-state index contributed by atoms with van der Waals surface area (Å²) in [4.78, 5) is 24.4. The normalized spacial score (nSPS) is 32.6. The van der Waals surface area contributed by atoms with Crippen molar-refractivity contribution in [2.24, 2.45) is 15.8 Å². The van der Waals surface area contributed by atoms with Crippen molar-refractivity contribution >= 4 is 12.5 Å². The lowest BCUT2D eigenvalue weighted by Gasteiger charge is -2.45. The summed E-state index contributed by atoms with van der Waals surface area (Å²) < 4.78 is 0. The van der Waals surface area contributed by atoms with Crippen LogP contribution in [0.5, 0.6) is 0 Å². The average Bonchev–Trinajstić information content (AvgIpc) is 2.12. The van der Waals surface area contributed by atoms with Crippen LogP contribution in [0.2, 0.25) is 0 Å². The summed E-state index contributed by atoms with van der Waals surface area (Å²) in [6, 6.07) is 0.0275. The summed E-state index contributed by atoms with van der Waals surface area (Å²) >= 11 is 0. The van der Waals surface area contributed by atoms with Gasteiger partial charge in [-0.2, -0.15) is 0 Å². The first-order chi connectivity index (χ1) is 7.41. The van der Waals surface area contributed by atoms with E-state index in [1.165, 1.54) is 0 Å². The molecule has 1 fully saturated rings. The smallest absolute Gasteiger partial charge is 0.309 e. The third-order valence-electron chi connectivity index (χ3n) is 3.24. The molecule has 0 aromatic heterocycles. The van der Waals surface area contributed by atoms with Gasteiger partial charge in [0.1, 0.15) is 0 Å². The van der Waals surface area contributed by atoms with Crippen molar-refractivity contribution in [3.63, 3.8) is 0 Å². The van der Waals surface area contributed by atoms with E-state index in [1.807, 2.05) is 0 Å². The first-order valence-corrected chi connectivity index (χ1v) is 5.58. The van der Waals surface area contributed by atoms with Gasteiger partial charge in [-0.05, 0) is 30.1 Å². The van der Waals surface area contributed by atoms with E-state index >= 15 is 0 Å². The van der Waals surface area contributed by atoms with Gasteiger partial charge in [-0.1, -0.05) is 20.8 Å². The van der Waals surface area contributed by atoms with Crippen molar-refractivity contribution in [2.75, 3.05) is 6.54 Å². The lowest BCUT2D eigenvalue weighted by molar-refractivity contribution is 0.0872. The van der Waals surface area contributed by atoms with Gasteiger partial charge in [-0.3, -0.25) is 4.79 Å². The molecule has 1 N–H and O–H groups in total. The number of hydrogen-bond donors (Lipinski definition) is 1. The fourth-order valence-corrected chi connectivity index (χ4v) is 3.13. The average molecular weight is 223 g/mol. The second-order valence-electron chi connectivity index (χ2n) is 5.89. The molecule has 0 heterocycles. The van der Waals surface area contributed by atoms with Crippen LogP contribution in [0.15, 0.2) is 4.99 Å². The topological polar surface area (TPSA) is 58.5 Å². The van der Waals surface area contributed by atoms with Crippen molar-refractivity contribution in [1.82, 2.24) is 5.32 Å². The molecule has 89 valence electrons. The van der Waals surface area contributed by atoms with Gasteiger partial charge in [0, 0.05) is 6.54 Å². The van der Waals surface area contributed by atoms with Gasteiger partial charge < -0.3 is 5.32 Å². The number of aliphatic imine (C=N–C) groups is 1. The van der Waals surface area contributed by atoms with Crippen molar-refractivity contribution in [1.29, 1.82) is 0 Å². The molecule has 16 heavy (non-hydrogen) atoms. The maximum absolute atomic E-state index is 10.3. The molecule has 0 bridgehead atoms. The van der Waals surface area contributed by atoms with Crippen LogP contribution in [0.4, 0.5) is 0 Å². The van der Waals surface area contributed by atoms with E-state index in [4.69, 9.17) is 0 Å². The van der Waals surface area contributed by atoms with E-state index in [-0.39, 0.29) is 16.9 Å². The fourth-order valence-electron chi connectivity index (χ4n) is 3.13. The Morgan fingerprint density at radius 1 is 1.31 bits per heavy atom. The molecule has 4 nitrogen and oxygen atoms in total. The van der Waals surface area contributed by atoms with Crippen LogP contribution in [0, 0.1) is 10.8 Å². The molecule has 0 spiro atoms. The number of hydrogen-bond acceptors (Lipinski definition) is 3. The molecule has 1 saturated carbocycles. The molecule has 1 aliphatic rings. The Morgan fingerprint density at radius 3 is 2.56 bits per heavy atom. The Labute approximate surface area is 96.5 Å². The minimum atomic E-state index is -0.00975. The molecule has 1 rings (SSSR count). The van der Waals surface area contributed by atoms with Gasteiger partial charge in [0.05, 0.1) is 6.04 Å². The SMILES string of the molecule is CC1(C)CC(N=C=O)CC(C)(CN[C]=O)C1. The van der Waals surface area contributed by atoms with Crippen molar-refractivity contribution < 1.29 is 9.59 Å². The van der Waals surface area contributed by atoms with Crippen LogP contribution in [-0.2, 0) is 9.59 Å². The maximum Gasteiger partial charge on any atom is 0.309 e. The van der Waals surface area contributed by atoms with E-state index in [9.17, 15) is 9.59 Å². The Kier molecular flexibility index (Phi) is 3.87. The fraction of sp³-hybridized carbons (Fsp3) is 0.833. The Bertz CT molecular complexity index is 308. The number of carbonyl (C=O) groups excluding carboxylic acids is 2. The Balaban J connectivity index is 2.77. The molecule has 0 saturated heterocycles. The van der Waals surface area contributed by atoms with Crippen LogP contribution >= 0.6 is 0 Å². The number of amides is 1. The summed E-state index contributed by atoms with van der Waals surface area (Å²) in [5, 5.41) is 2.61. The third-order valence-corrected chi connectivity index (χ3v) is 3.24. The van der Waals surface area contributed by atoms with Gasteiger partial charge in [-0.15, -0.1) is 0 Å². The van der Waals surface area contributed by atoms with Gasteiger partial charge >= 0.3 is 6.41 Å². The van der Waals surface area contributed by atoms with Gasteiger partial charge in [-0.25, -0.2) is 9.79 Å². The monoisotopic (exact) mass is 223 g/mol. The minimum absolute atomic E-state index is 0.00975. The zero-order chi connectivity index (χ0) is 12.2. The van der Waals surface area contributed by atoms with E-state index in [0.29, 0.717) is 6.54 Å². The van der Waals surface area contributed by atoms with Crippen molar-refractivity contribution in [3.05, 3.63) is 0 Å². The zero-order valence-electron chi connectivity index (χ0n) is 10.2. The number of rotatable bonds is 4. The molecule has 2 atom stereocenters. The highest BCUT2D eigenvalue weighted by atomic mass is 16.1. The number of isocyanates is 1. The van der Waals surface area contributed by atoms with Crippen LogP contribution in [0.3, 0.4) is 0 Å². The highest BCUT2D eigenvalue weighted by Crippen LogP contribution is 2.46. The molecule has 1 aliphatic carbocycles. The summed E-state index contributed by atoms with van der Waals surface area (Å²) in [5.41, 5.74) is 0.132. The second kappa shape index (κ2) is 4.79. The lowest BCUT2D eigenvalue weighted by Crippen LogP contribution is -2.43. The summed E-state index contributed by atoms with van der Waals surface area (Å²) in [6.45, 7) is 7.04. The molecular weight excluding hydrogens is 204 g/mol. The zero-order valence-corrected chi connectivity index (χ0v) is 10.2. The third kappa shape index (κ3) is 3.46. The van der Waals surface area contributed by atoms with Crippen LogP contribution in [0.1, 0.15) is 40.0 Å². The van der Waals surface area contributed by atoms with E-state index in [0.717, 1.165) is 19.3 Å². The van der Waals surface area contributed by atoms with Gasteiger partial charge in [0.25, 0.3) is 0 Å². The first kappa shape index (κ1) is 12.9. The quantitative estimate of drug-likeness (QED) is 0.447. The highest BCUT2D eigenvalue weighted by molar-refractivity contribution is 5.47. The van der Waals surface area contributed by atoms with Crippen molar-refractivity contribution in [3.8, 4) is 0 Å². The van der Waals surface area contributed by atoms with Crippen LogP contribution < -0.4 is 5.32 Å². The second-order valence-corrected chi connectivity index (χ2v) is 5.89. The molecule has 1 radical (unpaired) electrons. The molecule has 2 unspecified atom stereocenters. The van der Waals surface area contributed by atoms with Crippen LogP contribution in [-0.4, -0.2) is 25.1 Å². The molecule has 0 aromatic rings. The Morgan fingerprint density at radius 2 is 2.00 bits per heavy atom.